The fourth-order valence-electron chi connectivity index (χ4n) is 3.83. The van der Waals surface area contributed by atoms with Gasteiger partial charge in [0.15, 0.2) is 23.6 Å². The molecule has 0 radical (unpaired) electrons. The van der Waals surface area contributed by atoms with Gasteiger partial charge in [-0.1, -0.05) is 26.5 Å². The van der Waals surface area contributed by atoms with E-state index in [-0.39, 0.29) is 30.9 Å². The van der Waals surface area contributed by atoms with Crippen LogP contribution in [0.1, 0.15) is 40.5 Å². The van der Waals surface area contributed by atoms with Crippen LogP contribution in [0.25, 0.3) is 0 Å². The highest BCUT2D eigenvalue weighted by Crippen LogP contribution is 2.40. The lowest BCUT2D eigenvalue weighted by Gasteiger charge is -2.39. The third-order valence-corrected chi connectivity index (χ3v) is 5.45. The topological polar surface area (TPSA) is 136 Å². The van der Waals surface area contributed by atoms with Crippen LogP contribution in [-0.4, -0.2) is 64.4 Å². The molecule has 1 saturated heterocycles. The number of rotatable bonds is 5. The average molecular weight is 438 g/mol. The Bertz CT molecular complexity index is 780. The van der Waals surface area contributed by atoms with Gasteiger partial charge in [-0.15, -0.1) is 0 Å². The van der Waals surface area contributed by atoms with Crippen molar-refractivity contribution in [2.75, 3.05) is 6.61 Å². The zero-order valence-electron chi connectivity index (χ0n) is 18.2. The van der Waals surface area contributed by atoms with Gasteiger partial charge in [-0.05, 0) is 25.3 Å². The molecule has 0 saturated carbocycles. The summed E-state index contributed by atoms with van der Waals surface area (Å²) in [5.41, 5.74) is -2.33. The second-order valence-corrected chi connectivity index (χ2v) is 8.63. The van der Waals surface area contributed by atoms with Gasteiger partial charge in [-0.2, -0.15) is 0 Å². The summed E-state index contributed by atoms with van der Waals surface area (Å²) >= 11 is 0. The van der Waals surface area contributed by atoms with Crippen molar-refractivity contribution >= 4 is 23.7 Å². The fourth-order valence-corrected chi connectivity index (χ4v) is 3.83. The van der Waals surface area contributed by atoms with Crippen LogP contribution in [0.2, 0.25) is 0 Å². The van der Waals surface area contributed by atoms with E-state index >= 15 is 0 Å². The van der Waals surface area contributed by atoms with Crippen molar-refractivity contribution in [2.24, 2.45) is 17.8 Å². The first-order valence-electron chi connectivity index (χ1n) is 10.2. The van der Waals surface area contributed by atoms with Gasteiger partial charge < -0.3 is 24.4 Å². The van der Waals surface area contributed by atoms with Gasteiger partial charge in [-0.25, -0.2) is 4.79 Å². The molecule has 172 valence electrons. The van der Waals surface area contributed by atoms with Gasteiger partial charge >= 0.3 is 17.9 Å². The molecule has 1 fully saturated rings. The number of ether oxygens (including phenoxy) is 3. The molecule has 1 aliphatic carbocycles. The average Bonchev–Trinajstić information content (AvgIpc) is 2.93. The Hall–Kier alpha value is -2.52. The van der Waals surface area contributed by atoms with Crippen molar-refractivity contribution in [3.63, 3.8) is 0 Å². The standard InChI is InChI=1S/C22H30O9/c1-11(2)8-17(26)31-19-18-12(3)21(27)30-15(18)9-14(10-23)6-7-16(25)22(5,28)20(19)29-13(4)24/h6-7,11,14-15,18-20,23,28H,3,8-10H2,1-2,4-5H3/b7-6-/t14-,15+,18-,19-,20+,22-/m0/s1. The lowest BCUT2D eigenvalue weighted by Crippen LogP contribution is -2.58. The van der Waals surface area contributed by atoms with Crippen LogP contribution >= 0.6 is 0 Å². The lowest BCUT2D eigenvalue weighted by atomic mass is 9.77. The minimum Gasteiger partial charge on any atom is -0.458 e. The number of aliphatic hydroxyl groups is 2. The van der Waals surface area contributed by atoms with Crippen LogP contribution in [-0.2, 0) is 33.4 Å². The molecule has 2 N–H and O–H groups in total. The van der Waals surface area contributed by atoms with Crippen LogP contribution in [0, 0.1) is 17.8 Å². The highest BCUT2D eigenvalue weighted by atomic mass is 16.6. The summed E-state index contributed by atoms with van der Waals surface area (Å²) in [6, 6.07) is 0. The number of carbonyl (C=O) groups is 4. The Morgan fingerprint density at radius 3 is 2.52 bits per heavy atom. The third-order valence-electron chi connectivity index (χ3n) is 5.45. The number of esters is 3. The van der Waals surface area contributed by atoms with Gasteiger partial charge in [0, 0.05) is 31.4 Å². The van der Waals surface area contributed by atoms with E-state index in [1.54, 1.807) is 13.8 Å². The summed E-state index contributed by atoms with van der Waals surface area (Å²) < 4.78 is 16.3. The van der Waals surface area contributed by atoms with E-state index in [9.17, 15) is 29.4 Å². The van der Waals surface area contributed by atoms with E-state index in [1.165, 1.54) is 6.08 Å². The maximum absolute atomic E-state index is 12.8. The fraction of sp³-hybridized carbons (Fsp3) is 0.636. The first-order valence-corrected chi connectivity index (χ1v) is 10.2. The molecule has 1 heterocycles. The third kappa shape index (κ3) is 5.59. The molecule has 0 amide bonds. The molecule has 6 atom stereocenters. The van der Waals surface area contributed by atoms with Crippen LogP contribution in [0.3, 0.4) is 0 Å². The van der Waals surface area contributed by atoms with Crippen LogP contribution in [0.4, 0.5) is 0 Å². The minimum absolute atomic E-state index is 0.0250. The maximum Gasteiger partial charge on any atom is 0.334 e. The van der Waals surface area contributed by atoms with Gasteiger partial charge in [0.05, 0.1) is 5.92 Å². The van der Waals surface area contributed by atoms with Crippen molar-refractivity contribution < 1.29 is 43.6 Å². The summed E-state index contributed by atoms with van der Waals surface area (Å²) in [5, 5.41) is 20.8. The molecule has 2 rings (SSSR count). The Balaban J connectivity index is 2.64. The second kappa shape index (κ2) is 9.74. The maximum atomic E-state index is 12.8. The predicted molar refractivity (Wildman–Crippen MR) is 107 cm³/mol. The molecule has 0 unspecified atom stereocenters. The van der Waals surface area contributed by atoms with Crippen LogP contribution in [0.15, 0.2) is 24.3 Å². The number of hydrogen-bond acceptors (Lipinski definition) is 9. The molecule has 9 heteroatoms. The first kappa shape index (κ1) is 24.7. The second-order valence-electron chi connectivity index (χ2n) is 8.63. The van der Waals surface area contributed by atoms with Crippen molar-refractivity contribution in [3.05, 3.63) is 24.3 Å². The number of ketones is 1. The largest absolute Gasteiger partial charge is 0.458 e. The number of aliphatic hydroxyl groups excluding tert-OH is 1. The van der Waals surface area contributed by atoms with E-state index in [0.29, 0.717) is 0 Å². The van der Waals surface area contributed by atoms with Crippen molar-refractivity contribution in [1.29, 1.82) is 0 Å². The Labute approximate surface area is 181 Å². The molecule has 1 aliphatic heterocycles. The summed E-state index contributed by atoms with van der Waals surface area (Å²) in [5.74, 6) is -4.62. The van der Waals surface area contributed by atoms with Gasteiger partial charge in [0.1, 0.15) is 6.10 Å². The molecule has 2 aliphatic rings. The van der Waals surface area contributed by atoms with Gasteiger partial charge in [0.2, 0.25) is 0 Å². The molecule has 31 heavy (non-hydrogen) atoms. The van der Waals surface area contributed by atoms with E-state index in [1.807, 2.05) is 0 Å². The summed E-state index contributed by atoms with van der Waals surface area (Å²) in [6.45, 7) is 9.24. The SMILES string of the molecule is C=C1C(=O)O[C@@H]2C[C@@H](CO)/C=C\C(=O)[C@](C)(O)[C@H](OC(C)=O)[C@@H](OC(=O)CC(C)C)[C@@H]12. The molecule has 0 spiro atoms. The van der Waals surface area contributed by atoms with E-state index in [2.05, 4.69) is 6.58 Å². The van der Waals surface area contributed by atoms with E-state index < -0.39 is 59.4 Å². The first-order chi connectivity index (χ1) is 14.4. The molecule has 0 aromatic rings. The minimum atomic E-state index is -2.29. The summed E-state index contributed by atoms with van der Waals surface area (Å²) in [4.78, 5) is 49.5. The highest BCUT2D eigenvalue weighted by molar-refractivity contribution is 5.97. The Morgan fingerprint density at radius 2 is 1.97 bits per heavy atom. The number of hydrogen-bond donors (Lipinski definition) is 2. The molecule has 0 aromatic carbocycles. The van der Waals surface area contributed by atoms with Gasteiger partial charge in [0.25, 0.3) is 0 Å². The van der Waals surface area contributed by atoms with Crippen LogP contribution in [0.5, 0.6) is 0 Å². The van der Waals surface area contributed by atoms with E-state index in [0.717, 1.165) is 19.9 Å². The Kier molecular flexibility index (Phi) is 7.77. The van der Waals surface area contributed by atoms with Gasteiger partial charge in [-0.3, -0.25) is 14.4 Å². The molecule has 0 aromatic heterocycles. The summed E-state index contributed by atoms with van der Waals surface area (Å²) in [7, 11) is 0. The number of fused-ring (bicyclic) bond motifs is 1. The molecule has 0 bridgehead atoms. The molecular weight excluding hydrogens is 408 g/mol. The lowest BCUT2D eigenvalue weighted by molar-refractivity contribution is -0.196. The normalized spacial score (nSPS) is 34.7. The molecular formula is C22H30O9. The zero-order valence-corrected chi connectivity index (χ0v) is 18.2. The van der Waals surface area contributed by atoms with Crippen molar-refractivity contribution in [1.82, 2.24) is 0 Å². The smallest absolute Gasteiger partial charge is 0.334 e. The van der Waals surface area contributed by atoms with E-state index in [4.69, 9.17) is 14.2 Å². The number of carbonyl (C=O) groups excluding carboxylic acids is 4. The highest BCUT2D eigenvalue weighted by Gasteiger charge is 2.56. The van der Waals surface area contributed by atoms with Crippen LogP contribution < -0.4 is 0 Å². The molecule has 9 nitrogen and oxygen atoms in total. The predicted octanol–water partition coefficient (Wildman–Crippen LogP) is 0.862. The van der Waals surface area contributed by atoms with Crippen molar-refractivity contribution in [3.8, 4) is 0 Å². The monoisotopic (exact) mass is 438 g/mol. The quantitative estimate of drug-likeness (QED) is 0.364. The summed E-state index contributed by atoms with van der Waals surface area (Å²) in [6.07, 6.45) is -1.29. The van der Waals surface area contributed by atoms with Crippen molar-refractivity contribution in [2.45, 2.75) is 64.4 Å². The Morgan fingerprint density at radius 1 is 1.32 bits per heavy atom. The zero-order chi connectivity index (χ0) is 23.5.